The summed E-state index contributed by atoms with van der Waals surface area (Å²) >= 11 is 0. The Bertz CT molecular complexity index is 307. The van der Waals surface area contributed by atoms with Crippen molar-refractivity contribution >= 4 is 5.82 Å². The Kier molecular flexibility index (Phi) is 2.45. The fraction of sp³-hybridized carbons (Fsp3) is 0.375. The maximum atomic E-state index is 12.0. The molecule has 0 aliphatic rings. The molecule has 5 heteroatoms. The van der Waals surface area contributed by atoms with Gasteiger partial charge >= 0.3 is 6.18 Å². The molecule has 72 valence electrons. The SMILES string of the molecule is Cc1cnc(N)c(CC(F)(F)F)c1. The van der Waals surface area contributed by atoms with E-state index >= 15 is 0 Å². The molecule has 1 aromatic rings. The van der Waals surface area contributed by atoms with E-state index in [0.717, 1.165) is 0 Å². The van der Waals surface area contributed by atoms with Gasteiger partial charge in [0.05, 0.1) is 6.42 Å². The lowest BCUT2D eigenvalue weighted by molar-refractivity contribution is -0.127. The summed E-state index contributed by atoms with van der Waals surface area (Å²) in [5.74, 6) is -0.0528. The van der Waals surface area contributed by atoms with E-state index in [4.69, 9.17) is 5.73 Å². The van der Waals surface area contributed by atoms with Gasteiger partial charge in [-0.3, -0.25) is 0 Å². The van der Waals surface area contributed by atoms with Crippen molar-refractivity contribution in [2.24, 2.45) is 0 Å². The molecule has 1 aromatic heterocycles. The van der Waals surface area contributed by atoms with Gasteiger partial charge in [0.15, 0.2) is 0 Å². The van der Waals surface area contributed by atoms with Crippen molar-refractivity contribution in [3.05, 3.63) is 23.4 Å². The second-order valence-electron chi connectivity index (χ2n) is 2.85. The van der Waals surface area contributed by atoms with Crippen molar-refractivity contribution in [3.63, 3.8) is 0 Å². The topological polar surface area (TPSA) is 38.9 Å². The Hall–Kier alpha value is -1.26. The zero-order chi connectivity index (χ0) is 10.1. The fourth-order valence-electron chi connectivity index (χ4n) is 0.998. The van der Waals surface area contributed by atoms with E-state index in [1.54, 1.807) is 6.92 Å². The molecule has 0 saturated heterocycles. The Morgan fingerprint density at radius 3 is 2.62 bits per heavy atom. The average Bonchev–Trinajstić information content (AvgIpc) is 1.94. The molecule has 1 rings (SSSR count). The van der Waals surface area contributed by atoms with Gasteiger partial charge in [0.1, 0.15) is 5.82 Å². The van der Waals surface area contributed by atoms with Crippen LogP contribution >= 0.6 is 0 Å². The van der Waals surface area contributed by atoms with Crippen LogP contribution in [0, 0.1) is 6.92 Å². The fourth-order valence-corrected chi connectivity index (χ4v) is 0.998. The molecule has 2 nitrogen and oxygen atoms in total. The monoisotopic (exact) mass is 190 g/mol. The van der Waals surface area contributed by atoms with Gasteiger partial charge in [-0.05, 0) is 12.5 Å². The highest BCUT2D eigenvalue weighted by Gasteiger charge is 2.28. The summed E-state index contributed by atoms with van der Waals surface area (Å²) < 4.78 is 35.9. The van der Waals surface area contributed by atoms with E-state index in [2.05, 4.69) is 4.98 Å². The van der Waals surface area contributed by atoms with Crippen LogP contribution in [0.2, 0.25) is 0 Å². The van der Waals surface area contributed by atoms with Gasteiger partial charge in [-0.2, -0.15) is 13.2 Å². The van der Waals surface area contributed by atoms with Gasteiger partial charge in [-0.1, -0.05) is 6.07 Å². The number of rotatable bonds is 1. The van der Waals surface area contributed by atoms with Crippen LogP contribution in [0.25, 0.3) is 0 Å². The summed E-state index contributed by atoms with van der Waals surface area (Å²) in [7, 11) is 0. The van der Waals surface area contributed by atoms with E-state index in [1.165, 1.54) is 12.3 Å². The Morgan fingerprint density at radius 1 is 1.46 bits per heavy atom. The standard InChI is InChI=1S/C8H9F3N2/c1-5-2-6(3-8(9,10)11)7(12)13-4-5/h2,4H,3H2,1H3,(H2,12,13). The minimum absolute atomic E-state index is 0.0347. The largest absolute Gasteiger partial charge is 0.393 e. The first-order valence-corrected chi connectivity index (χ1v) is 3.66. The van der Waals surface area contributed by atoms with Crippen molar-refractivity contribution in [1.29, 1.82) is 0 Å². The van der Waals surface area contributed by atoms with Crippen molar-refractivity contribution in [3.8, 4) is 0 Å². The van der Waals surface area contributed by atoms with Crippen LogP contribution in [0.3, 0.4) is 0 Å². The molecule has 1 heterocycles. The molecule has 0 atom stereocenters. The number of aromatic nitrogens is 1. The number of hydrogen-bond acceptors (Lipinski definition) is 2. The second-order valence-corrected chi connectivity index (χ2v) is 2.85. The summed E-state index contributed by atoms with van der Waals surface area (Å²) in [5, 5.41) is 0. The van der Waals surface area contributed by atoms with Crippen molar-refractivity contribution in [1.82, 2.24) is 4.98 Å². The molecule has 0 bridgehead atoms. The minimum atomic E-state index is -4.23. The van der Waals surface area contributed by atoms with Crippen molar-refractivity contribution in [2.45, 2.75) is 19.5 Å². The highest BCUT2D eigenvalue weighted by atomic mass is 19.4. The van der Waals surface area contributed by atoms with Crippen LogP contribution in [0.4, 0.5) is 19.0 Å². The molecule has 0 saturated carbocycles. The number of nitrogens with two attached hydrogens (primary N) is 1. The Morgan fingerprint density at radius 2 is 2.08 bits per heavy atom. The summed E-state index contributed by atoms with van der Waals surface area (Å²) in [5.41, 5.74) is 5.99. The molecule has 0 aliphatic carbocycles. The Labute approximate surface area is 73.6 Å². The molecule has 0 aliphatic heterocycles. The zero-order valence-corrected chi connectivity index (χ0v) is 7.02. The molecular weight excluding hydrogens is 181 g/mol. The summed E-state index contributed by atoms with van der Waals surface area (Å²) in [6.07, 6.45) is -3.81. The lowest BCUT2D eigenvalue weighted by Crippen LogP contribution is -2.13. The number of pyridine rings is 1. The normalized spacial score (nSPS) is 11.7. The number of aryl methyl sites for hydroxylation is 1. The summed E-state index contributed by atoms with van der Waals surface area (Å²) in [4.78, 5) is 3.64. The van der Waals surface area contributed by atoms with Gasteiger partial charge in [0, 0.05) is 11.8 Å². The molecule has 0 spiro atoms. The lowest BCUT2D eigenvalue weighted by Gasteiger charge is -2.08. The third-order valence-electron chi connectivity index (χ3n) is 1.53. The highest BCUT2D eigenvalue weighted by Crippen LogP contribution is 2.23. The first-order chi connectivity index (χ1) is 5.88. The third kappa shape index (κ3) is 2.93. The van der Waals surface area contributed by atoms with Crippen LogP contribution < -0.4 is 5.73 Å². The van der Waals surface area contributed by atoms with Crippen LogP contribution in [0.5, 0.6) is 0 Å². The van der Waals surface area contributed by atoms with Gasteiger partial charge in [0.25, 0.3) is 0 Å². The predicted octanol–water partition coefficient (Wildman–Crippen LogP) is 2.08. The third-order valence-corrected chi connectivity index (χ3v) is 1.53. The number of nitrogen functional groups attached to an aromatic ring is 1. The molecule has 0 aromatic carbocycles. The maximum Gasteiger partial charge on any atom is 0.393 e. The number of anilines is 1. The average molecular weight is 190 g/mol. The molecule has 13 heavy (non-hydrogen) atoms. The summed E-state index contributed by atoms with van der Waals surface area (Å²) in [6.45, 7) is 1.67. The molecule has 0 radical (unpaired) electrons. The first kappa shape index (κ1) is 9.83. The quantitative estimate of drug-likeness (QED) is 0.736. The number of alkyl halides is 3. The molecule has 0 unspecified atom stereocenters. The Balaban J connectivity index is 2.94. The van der Waals surface area contributed by atoms with Gasteiger partial charge in [-0.25, -0.2) is 4.98 Å². The van der Waals surface area contributed by atoms with E-state index in [1.807, 2.05) is 0 Å². The van der Waals surface area contributed by atoms with E-state index < -0.39 is 12.6 Å². The van der Waals surface area contributed by atoms with Gasteiger partial charge in [0.2, 0.25) is 0 Å². The highest BCUT2D eigenvalue weighted by molar-refractivity contribution is 5.41. The zero-order valence-electron chi connectivity index (χ0n) is 7.02. The number of halogens is 3. The van der Waals surface area contributed by atoms with Crippen LogP contribution in [0.1, 0.15) is 11.1 Å². The molecule has 0 fully saturated rings. The number of nitrogens with zero attached hydrogens (tertiary/aromatic N) is 1. The molecular formula is C8H9F3N2. The second kappa shape index (κ2) is 3.24. The van der Waals surface area contributed by atoms with Crippen molar-refractivity contribution in [2.75, 3.05) is 5.73 Å². The maximum absolute atomic E-state index is 12.0. The lowest BCUT2D eigenvalue weighted by atomic mass is 10.1. The first-order valence-electron chi connectivity index (χ1n) is 3.66. The van der Waals surface area contributed by atoms with E-state index in [-0.39, 0.29) is 11.4 Å². The smallest absolute Gasteiger partial charge is 0.383 e. The van der Waals surface area contributed by atoms with Crippen LogP contribution in [0.15, 0.2) is 12.3 Å². The summed E-state index contributed by atoms with van der Waals surface area (Å²) in [6, 6.07) is 1.40. The molecule has 2 N–H and O–H groups in total. The van der Waals surface area contributed by atoms with Gasteiger partial charge < -0.3 is 5.73 Å². The minimum Gasteiger partial charge on any atom is -0.383 e. The number of hydrogen-bond donors (Lipinski definition) is 1. The van der Waals surface area contributed by atoms with E-state index in [0.29, 0.717) is 5.56 Å². The molecule has 0 amide bonds. The van der Waals surface area contributed by atoms with Crippen LogP contribution in [-0.4, -0.2) is 11.2 Å². The van der Waals surface area contributed by atoms with Crippen LogP contribution in [-0.2, 0) is 6.42 Å². The predicted molar refractivity (Wildman–Crippen MR) is 43.1 cm³/mol. The van der Waals surface area contributed by atoms with Crippen molar-refractivity contribution < 1.29 is 13.2 Å². The van der Waals surface area contributed by atoms with E-state index in [9.17, 15) is 13.2 Å². The van der Waals surface area contributed by atoms with Gasteiger partial charge in [-0.15, -0.1) is 0 Å².